The first-order valence-electron chi connectivity index (χ1n) is 8.96. The van der Waals surface area contributed by atoms with E-state index in [1.54, 1.807) is 12.1 Å². The molecular weight excluding hydrogens is 348 g/mol. The van der Waals surface area contributed by atoms with Crippen molar-refractivity contribution in [3.63, 3.8) is 0 Å². The molecular formula is C20H28N2O5. The fraction of sp³-hybridized carbons (Fsp3) is 0.550. The van der Waals surface area contributed by atoms with E-state index >= 15 is 0 Å². The van der Waals surface area contributed by atoms with Crippen molar-refractivity contribution in [3.05, 3.63) is 29.8 Å². The minimum absolute atomic E-state index is 0.155. The molecule has 2 rings (SSSR count). The molecule has 0 bridgehead atoms. The van der Waals surface area contributed by atoms with Crippen LogP contribution in [-0.4, -0.2) is 35.1 Å². The number of esters is 1. The summed E-state index contributed by atoms with van der Waals surface area (Å²) in [4.78, 5) is 29.0. The van der Waals surface area contributed by atoms with Crippen molar-refractivity contribution in [2.45, 2.75) is 71.7 Å². The summed E-state index contributed by atoms with van der Waals surface area (Å²) in [6.07, 6.45) is -0.149. The third kappa shape index (κ3) is 7.29. The average molecular weight is 376 g/mol. The van der Waals surface area contributed by atoms with E-state index in [2.05, 4.69) is 10.5 Å². The van der Waals surface area contributed by atoms with E-state index in [-0.39, 0.29) is 18.5 Å². The first-order chi connectivity index (χ1) is 12.4. The van der Waals surface area contributed by atoms with Crippen LogP contribution in [0.1, 0.15) is 59.9 Å². The summed E-state index contributed by atoms with van der Waals surface area (Å²) < 4.78 is 10.5. The first kappa shape index (κ1) is 20.7. The van der Waals surface area contributed by atoms with Crippen LogP contribution in [-0.2, 0) is 19.1 Å². The lowest BCUT2D eigenvalue weighted by molar-refractivity contribution is -0.157. The predicted octanol–water partition coefficient (Wildman–Crippen LogP) is 4.26. The largest absolute Gasteiger partial charge is 0.460 e. The molecule has 1 aliphatic heterocycles. The van der Waals surface area contributed by atoms with Gasteiger partial charge < -0.3 is 14.3 Å². The van der Waals surface area contributed by atoms with Crippen LogP contribution in [0.15, 0.2) is 29.4 Å². The number of rotatable bonds is 4. The lowest BCUT2D eigenvalue weighted by atomic mass is 10.0. The number of benzene rings is 1. The maximum absolute atomic E-state index is 11.9. The molecule has 27 heavy (non-hydrogen) atoms. The van der Waals surface area contributed by atoms with Crippen LogP contribution in [0, 0.1) is 0 Å². The Kier molecular flexibility index (Phi) is 6.13. The van der Waals surface area contributed by atoms with E-state index in [1.165, 1.54) is 0 Å². The lowest BCUT2D eigenvalue weighted by Crippen LogP contribution is -2.27. The third-order valence-electron chi connectivity index (χ3n) is 3.41. The number of amides is 1. The van der Waals surface area contributed by atoms with Gasteiger partial charge in [0, 0.05) is 12.1 Å². The summed E-state index contributed by atoms with van der Waals surface area (Å²) in [6, 6.07) is 7.21. The monoisotopic (exact) mass is 376 g/mol. The molecule has 7 nitrogen and oxygen atoms in total. The summed E-state index contributed by atoms with van der Waals surface area (Å²) in [7, 11) is 0. The molecule has 1 unspecified atom stereocenters. The zero-order valence-corrected chi connectivity index (χ0v) is 16.8. The summed E-state index contributed by atoms with van der Waals surface area (Å²) in [5, 5.41) is 6.75. The van der Waals surface area contributed by atoms with E-state index in [0.717, 1.165) is 11.3 Å². The van der Waals surface area contributed by atoms with Gasteiger partial charge in [0.05, 0.1) is 12.1 Å². The van der Waals surface area contributed by atoms with Crippen molar-refractivity contribution in [1.29, 1.82) is 0 Å². The summed E-state index contributed by atoms with van der Waals surface area (Å²) >= 11 is 0. The first-order valence-corrected chi connectivity index (χ1v) is 8.96. The Labute approximate surface area is 160 Å². The fourth-order valence-electron chi connectivity index (χ4n) is 2.44. The van der Waals surface area contributed by atoms with Crippen molar-refractivity contribution in [3.8, 4) is 0 Å². The van der Waals surface area contributed by atoms with Crippen LogP contribution >= 0.6 is 0 Å². The second-order valence-corrected chi connectivity index (χ2v) is 8.46. The van der Waals surface area contributed by atoms with Gasteiger partial charge in [0.15, 0.2) is 0 Å². The molecule has 0 fully saturated rings. The highest BCUT2D eigenvalue weighted by molar-refractivity contribution is 6.02. The van der Waals surface area contributed by atoms with Crippen LogP contribution in [0.25, 0.3) is 0 Å². The van der Waals surface area contributed by atoms with Crippen LogP contribution in [0.5, 0.6) is 0 Å². The van der Waals surface area contributed by atoms with Crippen molar-refractivity contribution in [2.75, 3.05) is 5.32 Å². The molecule has 7 heteroatoms. The number of ether oxygens (including phenoxy) is 2. The van der Waals surface area contributed by atoms with Crippen LogP contribution in [0.3, 0.4) is 0 Å². The Balaban J connectivity index is 1.87. The van der Waals surface area contributed by atoms with E-state index in [4.69, 9.17) is 14.3 Å². The SMILES string of the molecule is CC(C)(C)OC(=O)CC1CC(c2ccc(NC(=O)OC(C)(C)C)cc2)=NO1. The zero-order chi connectivity index (χ0) is 20.2. The molecule has 1 aromatic carbocycles. The van der Waals surface area contributed by atoms with Gasteiger partial charge in [-0.1, -0.05) is 17.3 Å². The highest BCUT2D eigenvalue weighted by Gasteiger charge is 2.27. The second kappa shape index (κ2) is 7.98. The van der Waals surface area contributed by atoms with Gasteiger partial charge >= 0.3 is 12.1 Å². The van der Waals surface area contributed by atoms with Gasteiger partial charge in [0.2, 0.25) is 0 Å². The maximum Gasteiger partial charge on any atom is 0.412 e. The number of hydrogen-bond acceptors (Lipinski definition) is 6. The number of oxime groups is 1. The minimum atomic E-state index is -0.552. The summed E-state index contributed by atoms with van der Waals surface area (Å²) in [6.45, 7) is 10.9. The minimum Gasteiger partial charge on any atom is -0.460 e. The number of carbonyl (C=O) groups is 2. The molecule has 0 saturated heterocycles. The number of carbonyl (C=O) groups excluding carboxylic acids is 2. The Morgan fingerprint density at radius 2 is 1.67 bits per heavy atom. The molecule has 0 aliphatic carbocycles. The van der Waals surface area contributed by atoms with Crippen molar-refractivity contribution in [1.82, 2.24) is 0 Å². The van der Waals surface area contributed by atoms with Crippen molar-refractivity contribution < 1.29 is 23.9 Å². The molecule has 0 aromatic heterocycles. The molecule has 0 spiro atoms. The number of nitrogens with one attached hydrogen (secondary N) is 1. The van der Waals surface area contributed by atoms with Crippen LogP contribution in [0.4, 0.5) is 10.5 Å². The fourth-order valence-corrected chi connectivity index (χ4v) is 2.44. The Morgan fingerprint density at radius 3 is 2.22 bits per heavy atom. The maximum atomic E-state index is 11.9. The second-order valence-electron chi connectivity index (χ2n) is 8.46. The molecule has 0 saturated carbocycles. The van der Waals surface area contributed by atoms with Gasteiger partial charge in [-0.2, -0.15) is 0 Å². The molecule has 148 valence electrons. The quantitative estimate of drug-likeness (QED) is 0.794. The molecule has 1 N–H and O–H groups in total. The number of hydrogen-bond donors (Lipinski definition) is 1. The van der Waals surface area contributed by atoms with Crippen LogP contribution in [0.2, 0.25) is 0 Å². The van der Waals surface area contributed by atoms with Crippen molar-refractivity contribution in [2.24, 2.45) is 5.16 Å². The molecule has 1 heterocycles. The van der Waals surface area contributed by atoms with Crippen LogP contribution < -0.4 is 5.32 Å². The van der Waals surface area contributed by atoms with E-state index in [1.807, 2.05) is 53.7 Å². The average Bonchev–Trinajstić information content (AvgIpc) is 2.92. The topological polar surface area (TPSA) is 86.2 Å². The molecule has 1 atom stereocenters. The van der Waals surface area contributed by atoms with Gasteiger partial charge in [0.25, 0.3) is 0 Å². The Morgan fingerprint density at radius 1 is 1.07 bits per heavy atom. The van der Waals surface area contributed by atoms with E-state index in [9.17, 15) is 9.59 Å². The van der Waals surface area contributed by atoms with Gasteiger partial charge in [-0.25, -0.2) is 4.79 Å². The van der Waals surface area contributed by atoms with Crippen molar-refractivity contribution >= 4 is 23.5 Å². The van der Waals surface area contributed by atoms with Gasteiger partial charge in [-0.3, -0.25) is 10.1 Å². The Bertz CT molecular complexity index is 711. The standard InChI is InChI=1S/C20H28N2O5/c1-19(2,3)25-17(23)12-15-11-16(22-27-15)13-7-9-14(10-8-13)21-18(24)26-20(4,5)6/h7-10,15H,11-12H2,1-6H3,(H,21,24). The summed E-state index contributed by atoms with van der Waals surface area (Å²) in [5.41, 5.74) is 1.18. The van der Waals surface area contributed by atoms with Gasteiger partial charge in [-0.05, 0) is 59.2 Å². The third-order valence-corrected chi connectivity index (χ3v) is 3.41. The van der Waals surface area contributed by atoms with Gasteiger partial charge in [-0.15, -0.1) is 0 Å². The number of anilines is 1. The molecule has 1 aliphatic rings. The lowest BCUT2D eigenvalue weighted by Gasteiger charge is -2.20. The highest BCUT2D eigenvalue weighted by atomic mass is 16.6. The molecule has 1 amide bonds. The molecule has 1 aromatic rings. The van der Waals surface area contributed by atoms with E-state index in [0.29, 0.717) is 12.1 Å². The Hall–Kier alpha value is -2.57. The molecule has 0 radical (unpaired) electrons. The summed E-state index contributed by atoms with van der Waals surface area (Å²) in [5.74, 6) is -0.305. The van der Waals surface area contributed by atoms with Gasteiger partial charge in [0.1, 0.15) is 17.3 Å². The number of nitrogens with zero attached hydrogens (tertiary/aromatic N) is 1. The predicted molar refractivity (Wildman–Crippen MR) is 103 cm³/mol. The smallest absolute Gasteiger partial charge is 0.412 e. The highest BCUT2D eigenvalue weighted by Crippen LogP contribution is 2.22. The van der Waals surface area contributed by atoms with E-state index < -0.39 is 17.3 Å². The normalized spacial score (nSPS) is 17.0. The zero-order valence-electron chi connectivity index (χ0n) is 16.8.